The fourth-order valence-corrected chi connectivity index (χ4v) is 2.86. The van der Waals surface area contributed by atoms with Gasteiger partial charge in [-0.05, 0) is 18.1 Å². The van der Waals surface area contributed by atoms with E-state index < -0.39 is 0 Å². The van der Waals surface area contributed by atoms with Crippen LogP contribution in [0.25, 0.3) is 0 Å². The summed E-state index contributed by atoms with van der Waals surface area (Å²) in [4.78, 5) is 2.29. The van der Waals surface area contributed by atoms with Crippen molar-refractivity contribution in [1.82, 2.24) is 4.90 Å². The van der Waals surface area contributed by atoms with Crippen molar-refractivity contribution in [3.63, 3.8) is 0 Å². The summed E-state index contributed by atoms with van der Waals surface area (Å²) in [6.07, 6.45) is 2.39. The molecule has 0 aromatic heterocycles. The SMILES string of the molecule is CC(C)CCCSCC(O)CN1CCOCC1. The molecule has 1 rings (SSSR count). The van der Waals surface area contributed by atoms with Gasteiger partial charge >= 0.3 is 0 Å². The molecular formula is C13H27NO2S. The lowest BCUT2D eigenvalue weighted by Gasteiger charge is -2.28. The Balaban J connectivity index is 1.95. The highest BCUT2D eigenvalue weighted by molar-refractivity contribution is 7.99. The average Bonchev–Trinajstić information content (AvgIpc) is 2.29. The quantitative estimate of drug-likeness (QED) is 0.676. The summed E-state index contributed by atoms with van der Waals surface area (Å²) in [6.45, 7) is 8.89. The van der Waals surface area contributed by atoms with E-state index >= 15 is 0 Å². The Morgan fingerprint density at radius 2 is 2.00 bits per heavy atom. The zero-order valence-corrected chi connectivity index (χ0v) is 12.0. The number of hydrogen-bond donors (Lipinski definition) is 1. The minimum Gasteiger partial charge on any atom is -0.391 e. The second kappa shape index (κ2) is 9.20. The van der Waals surface area contributed by atoms with Crippen LogP contribution in [0.1, 0.15) is 26.7 Å². The Morgan fingerprint density at radius 1 is 1.29 bits per heavy atom. The second-order valence-electron chi connectivity index (χ2n) is 5.18. The van der Waals surface area contributed by atoms with E-state index in [0.717, 1.165) is 44.5 Å². The molecule has 1 unspecified atom stereocenters. The van der Waals surface area contributed by atoms with Crippen molar-refractivity contribution < 1.29 is 9.84 Å². The predicted molar refractivity (Wildman–Crippen MR) is 74.7 cm³/mol. The highest BCUT2D eigenvalue weighted by Gasteiger charge is 2.14. The summed E-state index contributed by atoms with van der Waals surface area (Å²) in [6, 6.07) is 0. The van der Waals surface area contributed by atoms with E-state index in [4.69, 9.17) is 4.74 Å². The molecule has 0 aliphatic carbocycles. The molecule has 0 aromatic carbocycles. The van der Waals surface area contributed by atoms with Crippen molar-refractivity contribution >= 4 is 11.8 Å². The van der Waals surface area contributed by atoms with Gasteiger partial charge in [0.1, 0.15) is 0 Å². The maximum absolute atomic E-state index is 9.91. The standard InChI is InChI=1S/C13H27NO2S/c1-12(2)4-3-9-17-11-13(15)10-14-5-7-16-8-6-14/h12-13,15H,3-11H2,1-2H3. The van der Waals surface area contributed by atoms with Gasteiger partial charge in [-0.1, -0.05) is 20.3 Å². The molecule has 1 heterocycles. The van der Waals surface area contributed by atoms with Crippen molar-refractivity contribution in [1.29, 1.82) is 0 Å². The average molecular weight is 261 g/mol. The topological polar surface area (TPSA) is 32.7 Å². The van der Waals surface area contributed by atoms with Gasteiger partial charge in [-0.15, -0.1) is 0 Å². The number of aliphatic hydroxyl groups excluding tert-OH is 1. The zero-order chi connectivity index (χ0) is 12.5. The van der Waals surface area contributed by atoms with Crippen LogP contribution in [-0.2, 0) is 4.74 Å². The Bertz CT molecular complexity index is 184. The third-order valence-electron chi connectivity index (χ3n) is 2.95. The van der Waals surface area contributed by atoms with Gasteiger partial charge in [-0.3, -0.25) is 4.90 Å². The van der Waals surface area contributed by atoms with Gasteiger partial charge in [-0.2, -0.15) is 11.8 Å². The number of nitrogens with zero attached hydrogens (tertiary/aromatic N) is 1. The number of hydrogen-bond acceptors (Lipinski definition) is 4. The maximum Gasteiger partial charge on any atom is 0.0757 e. The lowest BCUT2D eigenvalue weighted by Crippen LogP contribution is -2.41. The van der Waals surface area contributed by atoms with Crippen molar-refractivity contribution in [2.45, 2.75) is 32.8 Å². The summed E-state index contributed by atoms with van der Waals surface area (Å²) in [7, 11) is 0. The molecule has 0 spiro atoms. The highest BCUT2D eigenvalue weighted by atomic mass is 32.2. The predicted octanol–water partition coefficient (Wildman–Crippen LogP) is 1.85. The molecule has 4 heteroatoms. The minimum atomic E-state index is -0.183. The zero-order valence-electron chi connectivity index (χ0n) is 11.2. The first-order valence-corrected chi connectivity index (χ1v) is 7.90. The molecule has 102 valence electrons. The van der Waals surface area contributed by atoms with E-state index in [1.54, 1.807) is 0 Å². The molecule has 0 radical (unpaired) electrons. The third kappa shape index (κ3) is 8.03. The molecule has 1 fully saturated rings. The van der Waals surface area contributed by atoms with Crippen LogP contribution in [-0.4, -0.2) is 60.5 Å². The monoisotopic (exact) mass is 261 g/mol. The third-order valence-corrected chi connectivity index (χ3v) is 4.15. The molecule has 0 amide bonds. The van der Waals surface area contributed by atoms with E-state index in [9.17, 15) is 5.11 Å². The largest absolute Gasteiger partial charge is 0.391 e. The van der Waals surface area contributed by atoms with Crippen LogP contribution >= 0.6 is 11.8 Å². The molecule has 1 aliphatic heterocycles. The molecule has 1 saturated heterocycles. The summed E-state index contributed by atoms with van der Waals surface area (Å²) < 4.78 is 5.29. The van der Waals surface area contributed by atoms with E-state index in [-0.39, 0.29) is 6.10 Å². The molecule has 0 aromatic rings. The first-order chi connectivity index (χ1) is 8.18. The Kier molecular flexibility index (Phi) is 8.27. The van der Waals surface area contributed by atoms with E-state index in [1.807, 2.05) is 11.8 Å². The van der Waals surface area contributed by atoms with Gasteiger partial charge in [0.2, 0.25) is 0 Å². The van der Waals surface area contributed by atoms with E-state index in [1.165, 1.54) is 18.6 Å². The lowest BCUT2D eigenvalue weighted by atomic mass is 10.1. The van der Waals surface area contributed by atoms with Gasteiger partial charge in [0, 0.05) is 25.4 Å². The number of ether oxygens (including phenoxy) is 1. The number of β-amino-alcohol motifs (C(OH)–C–C–N with tert-alkyl or cyclic N) is 1. The number of aliphatic hydroxyl groups is 1. The Morgan fingerprint density at radius 3 is 2.65 bits per heavy atom. The molecule has 1 atom stereocenters. The normalized spacial score (nSPS) is 19.8. The fourth-order valence-electron chi connectivity index (χ4n) is 1.95. The van der Waals surface area contributed by atoms with Gasteiger partial charge in [0.15, 0.2) is 0 Å². The second-order valence-corrected chi connectivity index (χ2v) is 6.33. The highest BCUT2D eigenvalue weighted by Crippen LogP contribution is 2.11. The molecule has 1 aliphatic rings. The Labute approximate surface area is 110 Å². The van der Waals surface area contributed by atoms with Crippen LogP contribution in [0, 0.1) is 5.92 Å². The first kappa shape index (κ1) is 15.3. The molecule has 17 heavy (non-hydrogen) atoms. The van der Waals surface area contributed by atoms with Crippen molar-refractivity contribution in [3.8, 4) is 0 Å². The number of rotatable bonds is 8. The molecule has 1 N–H and O–H groups in total. The van der Waals surface area contributed by atoms with Gasteiger partial charge in [-0.25, -0.2) is 0 Å². The first-order valence-electron chi connectivity index (χ1n) is 6.74. The summed E-state index contributed by atoms with van der Waals surface area (Å²) in [5, 5.41) is 9.91. The van der Waals surface area contributed by atoms with Crippen LogP contribution in [0.5, 0.6) is 0 Å². The molecule has 3 nitrogen and oxygen atoms in total. The lowest BCUT2D eigenvalue weighted by molar-refractivity contribution is 0.0188. The van der Waals surface area contributed by atoms with Crippen LogP contribution in [0.15, 0.2) is 0 Å². The molecular weight excluding hydrogens is 234 g/mol. The molecule has 0 bridgehead atoms. The van der Waals surface area contributed by atoms with Crippen molar-refractivity contribution in [2.24, 2.45) is 5.92 Å². The van der Waals surface area contributed by atoms with E-state index in [0.29, 0.717) is 0 Å². The maximum atomic E-state index is 9.91. The fraction of sp³-hybridized carbons (Fsp3) is 1.00. The van der Waals surface area contributed by atoms with Crippen LogP contribution in [0.4, 0.5) is 0 Å². The summed E-state index contributed by atoms with van der Waals surface area (Å²) in [5.41, 5.74) is 0. The summed E-state index contributed by atoms with van der Waals surface area (Å²) in [5.74, 6) is 2.85. The van der Waals surface area contributed by atoms with Crippen LogP contribution < -0.4 is 0 Å². The molecule has 0 saturated carbocycles. The van der Waals surface area contributed by atoms with E-state index in [2.05, 4.69) is 18.7 Å². The minimum absolute atomic E-state index is 0.183. The van der Waals surface area contributed by atoms with Gasteiger partial charge in [0.25, 0.3) is 0 Å². The van der Waals surface area contributed by atoms with Gasteiger partial charge in [0.05, 0.1) is 19.3 Å². The van der Waals surface area contributed by atoms with Crippen molar-refractivity contribution in [2.75, 3.05) is 44.4 Å². The van der Waals surface area contributed by atoms with Crippen LogP contribution in [0.2, 0.25) is 0 Å². The smallest absolute Gasteiger partial charge is 0.0757 e. The van der Waals surface area contributed by atoms with Crippen molar-refractivity contribution in [3.05, 3.63) is 0 Å². The Hall–Kier alpha value is 0.230. The van der Waals surface area contributed by atoms with Crippen LogP contribution in [0.3, 0.4) is 0 Å². The summed E-state index contributed by atoms with van der Waals surface area (Å²) >= 11 is 1.88. The van der Waals surface area contributed by atoms with Gasteiger partial charge < -0.3 is 9.84 Å². The number of morpholine rings is 1. The number of thioether (sulfide) groups is 1.